The maximum atomic E-state index is 13.3. The highest BCUT2D eigenvalue weighted by Gasteiger charge is 2.15. The van der Waals surface area contributed by atoms with Gasteiger partial charge >= 0.3 is 0 Å². The minimum Gasteiger partial charge on any atom is -0.493 e. The van der Waals surface area contributed by atoms with Crippen molar-refractivity contribution < 1.29 is 33.3 Å². The largest absolute Gasteiger partial charge is 0.493 e. The SMILES string of the molecule is COc1cccc(OC)c1OCC(O)CNC(=O)CCNC(=O)c1cc(F)ccc1Br. The van der Waals surface area contributed by atoms with Crippen LogP contribution in [0.25, 0.3) is 0 Å². The molecule has 0 bridgehead atoms. The first-order valence-electron chi connectivity index (χ1n) is 9.37. The molecular weight excluding hydrogens is 475 g/mol. The molecule has 0 radical (unpaired) electrons. The van der Waals surface area contributed by atoms with Gasteiger partial charge in [0.2, 0.25) is 11.7 Å². The molecule has 0 fully saturated rings. The molecule has 2 rings (SSSR count). The monoisotopic (exact) mass is 498 g/mol. The van der Waals surface area contributed by atoms with E-state index in [0.717, 1.165) is 6.07 Å². The Hall–Kier alpha value is -2.85. The number of hydrogen-bond donors (Lipinski definition) is 3. The molecule has 0 heterocycles. The lowest BCUT2D eigenvalue weighted by Crippen LogP contribution is -2.37. The minimum absolute atomic E-state index is 0.00736. The van der Waals surface area contributed by atoms with Crippen LogP contribution in [0.2, 0.25) is 0 Å². The van der Waals surface area contributed by atoms with Crippen LogP contribution >= 0.6 is 15.9 Å². The predicted octanol–water partition coefficient (Wildman–Crippen LogP) is 2.28. The molecule has 1 unspecified atom stereocenters. The smallest absolute Gasteiger partial charge is 0.252 e. The van der Waals surface area contributed by atoms with Crippen molar-refractivity contribution >= 4 is 27.7 Å². The molecule has 2 amide bonds. The molecule has 3 N–H and O–H groups in total. The summed E-state index contributed by atoms with van der Waals surface area (Å²) in [5.41, 5.74) is 0.139. The van der Waals surface area contributed by atoms with Gasteiger partial charge in [0.05, 0.1) is 19.8 Å². The van der Waals surface area contributed by atoms with Gasteiger partial charge in [-0.05, 0) is 46.3 Å². The van der Waals surface area contributed by atoms with Gasteiger partial charge in [-0.15, -0.1) is 0 Å². The lowest BCUT2D eigenvalue weighted by molar-refractivity contribution is -0.121. The van der Waals surface area contributed by atoms with E-state index in [1.807, 2.05) is 0 Å². The number of methoxy groups -OCH3 is 2. The number of aliphatic hydroxyl groups is 1. The summed E-state index contributed by atoms with van der Waals surface area (Å²) >= 11 is 3.18. The molecule has 2 aromatic rings. The average Bonchev–Trinajstić information content (AvgIpc) is 2.77. The summed E-state index contributed by atoms with van der Waals surface area (Å²) in [6, 6.07) is 8.90. The van der Waals surface area contributed by atoms with Crippen molar-refractivity contribution in [3.63, 3.8) is 0 Å². The lowest BCUT2D eigenvalue weighted by Gasteiger charge is -2.17. The zero-order valence-corrected chi connectivity index (χ0v) is 18.7. The number of rotatable bonds is 11. The Labute approximate surface area is 187 Å². The Balaban J connectivity index is 1.73. The summed E-state index contributed by atoms with van der Waals surface area (Å²) in [5, 5.41) is 15.2. The molecule has 0 aliphatic rings. The van der Waals surface area contributed by atoms with Gasteiger partial charge in [0.1, 0.15) is 18.5 Å². The molecule has 0 saturated heterocycles. The van der Waals surface area contributed by atoms with Crippen LogP contribution in [0.5, 0.6) is 17.2 Å². The van der Waals surface area contributed by atoms with Gasteiger partial charge in [0, 0.05) is 24.0 Å². The van der Waals surface area contributed by atoms with E-state index in [4.69, 9.17) is 14.2 Å². The van der Waals surface area contributed by atoms with E-state index in [-0.39, 0.29) is 37.6 Å². The van der Waals surface area contributed by atoms with Gasteiger partial charge in [0.25, 0.3) is 5.91 Å². The van der Waals surface area contributed by atoms with Crippen molar-refractivity contribution in [1.82, 2.24) is 10.6 Å². The van der Waals surface area contributed by atoms with Crippen molar-refractivity contribution in [2.24, 2.45) is 0 Å². The van der Waals surface area contributed by atoms with E-state index in [2.05, 4.69) is 26.6 Å². The molecular formula is C21H24BrFN2O6. The molecule has 10 heteroatoms. The molecule has 1 atom stereocenters. The highest BCUT2D eigenvalue weighted by Crippen LogP contribution is 2.36. The first-order chi connectivity index (χ1) is 14.8. The molecule has 0 aliphatic carbocycles. The molecule has 0 spiro atoms. The number of hydrogen-bond acceptors (Lipinski definition) is 6. The van der Waals surface area contributed by atoms with Gasteiger partial charge in [-0.25, -0.2) is 4.39 Å². The number of amides is 2. The fourth-order valence-corrected chi connectivity index (χ4v) is 3.00. The normalized spacial score (nSPS) is 11.4. The van der Waals surface area contributed by atoms with Crippen LogP contribution in [-0.4, -0.2) is 56.9 Å². The molecule has 168 valence electrons. The Kier molecular flexibility index (Phi) is 9.54. The highest BCUT2D eigenvalue weighted by atomic mass is 79.9. The van der Waals surface area contributed by atoms with Gasteiger partial charge in [-0.3, -0.25) is 9.59 Å². The van der Waals surface area contributed by atoms with Gasteiger partial charge in [-0.1, -0.05) is 6.07 Å². The number of benzene rings is 2. The zero-order valence-electron chi connectivity index (χ0n) is 17.1. The Morgan fingerprint density at radius 1 is 1.13 bits per heavy atom. The second-order valence-electron chi connectivity index (χ2n) is 6.39. The highest BCUT2D eigenvalue weighted by molar-refractivity contribution is 9.10. The quantitative estimate of drug-likeness (QED) is 0.438. The van der Waals surface area contributed by atoms with Crippen LogP contribution in [0, 0.1) is 5.82 Å². The van der Waals surface area contributed by atoms with Crippen LogP contribution in [-0.2, 0) is 4.79 Å². The number of carbonyl (C=O) groups is 2. The number of carbonyl (C=O) groups excluding carboxylic acids is 2. The molecule has 2 aromatic carbocycles. The van der Waals surface area contributed by atoms with Gasteiger partial charge in [0.15, 0.2) is 11.5 Å². The summed E-state index contributed by atoms with van der Waals surface area (Å²) in [6.07, 6.45) is -0.983. The van der Waals surface area contributed by atoms with Crippen LogP contribution in [0.4, 0.5) is 4.39 Å². The second kappa shape index (κ2) is 12.1. The predicted molar refractivity (Wildman–Crippen MR) is 115 cm³/mol. The third-order valence-corrected chi connectivity index (χ3v) is 4.84. The summed E-state index contributed by atoms with van der Waals surface area (Å²) in [5.74, 6) is -0.143. The van der Waals surface area contributed by atoms with Crippen molar-refractivity contribution in [2.75, 3.05) is 33.9 Å². The summed E-state index contributed by atoms with van der Waals surface area (Å²) in [6.45, 7) is -0.0837. The second-order valence-corrected chi connectivity index (χ2v) is 7.24. The summed E-state index contributed by atoms with van der Waals surface area (Å²) in [7, 11) is 2.98. The van der Waals surface area contributed by atoms with E-state index >= 15 is 0 Å². The van der Waals surface area contributed by atoms with Gasteiger partial charge < -0.3 is 30.0 Å². The standard InChI is InChI=1S/C21H24BrFN2O6/c1-29-17-4-3-5-18(30-2)20(17)31-12-14(26)11-25-19(27)8-9-24-21(28)15-10-13(23)6-7-16(15)22/h3-7,10,14,26H,8-9,11-12H2,1-2H3,(H,24,28)(H,25,27). The van der Waals surface area contributed by atoms with Crippen molar-refractivity contribution in [2.45, 2.75) is 12.5 Å². The number of aliphatic hydroxyl groups excluding tert-OH is 1. The first-order valence-corrected chi connectivity index (χ1v) is 10.2. The molecule has 31 heavy (non-hydrogen) atoms. The zero-order chi connectivity index (χ0) is 22.8. The van der Waals surface area contributed by atoms with E-state index in [0.29, 0.717) is 21.7 Å². The number of ether oxygens (including phenoxy) is 3. The minimum atomic E-state index is -0.976. The third kappa shape index (κ3) is 7.41. The molecule has 0 aromatic heterocycles. The average molecular weight is 499 g/mol. The Morgan fingerprint density at radius 3 is 2.45 bits per heavy atom. The third-order valence-electron chi connectivity index (χ3n) is 4.15. The fourth-order valence-electron chi connectivity index (χ4n) is 2.57. The fraction of sp³-hybridized carbons (Fsp3) is 0.333. The molecule has 0 saturated carbocycles. The van der Waals surface area contributed by atoms with Crippen LogP contribution in [0.3, 0.4) is 0 Å². The van der Waals surface area contributed by atoms with Crippen LogP contribution in [0.1, 0.15) is 16.8 Å². The number of nitrogens with one attached hydrogen (secondary N) is 2. The van der Waals surface area contributed by atoms with E-state index in [1.54, 1.807) is 18.2 Å². The molecule has 0 aliphatic heterocycles. The molecule has 8 nitrogen and oxygen atoms in total. The Bertz CT molecular complexity index is 889. The van der Waals surface area contributed by atoms with Crippen LogP contribution in [0.15, 0.2) is 40.9 Å². The lowest BCUT2D eigenvalue weighted by atomic mass is 10.2. The Morgan fingerprint density at radius 2 is 1.81 bits per heavy atom. The topological polar surface area (TPSA) is 106 Å². The first kappa shape index (κ1) is 24.4. The van der Waals surface area contributed by atoms with E-state index in [9.17, 15) is 19.1 Å². The van der Waals surface area contributed by atoms with Crippen LogP contribution < -0.4 is 24.8 Å². The van der Waals surface area contributed by atoms with E-state index in [1.165, 1.54) is 26.4 Å². The number of halogens is 2. The van der Waals surface area contributed by atoms with Crippen molar-refractivity contribution in [3.05, 3.63) is 52.3 Å². The maximum absolute atomic E-state index is 13.3. The van der Waals surface area contributed by atoms with Crippen molar-refractivity contribution in [1.29, 1.82) is 0 Å². The summed E-state index contributed by atoms with van der Waals surface area (Å²) < 4.78 is 29.7. The number of para-hydroxylation sites is 1. The maximum Gasteiger partial charge on any atom is 0.252 e. The van der Waals surface area contributed by atoms with E-state index < -0.39 is 17.8 Å². The van der Waals surface area contributed by atoms with Crippen molar-refractivity contribution in [3.8, 4) is 17.2 Å². The van der Waals surface area contributed by atoms with Gasteiger partial charge in [-0.2, -0.15) is 0 Å². The summed E-state index contributed by atoms with van der Waals surface area (Å²) in [4.78, 5) is 24.0.